The minimum absolute atomic E-state index is 0.109. The normalized spacial score (nSPS) is 11.3. The molecule has 4 nitrogen and oxygen atoms in total. The number of hydrogen-bond acceptors (Lipinski definition) is 4. The van der Waals surface area contributed by atoms with Crippen LogP contribution >= 0.6 is 0 Å². The van der Waals surface area contributed by atoms with Gasteiger partial charge in [-0.05, 0) is 36.8 Å². The van der Waals surface area contributed by atoms with E-state index in [0.29, 0.717) is 11.3 Å². The summed E-state index contributed by atoms with van der Waals surface area (Å²) < 4.78 is 10.5. The van der Waals surface area contributed by atoms with E-state index < -0.39 is 0 Å². The highest BCUT2D eigenvalue weighted by Crippen LogP contribution is 2.29. The van der Waals surface area contributed by atoms with Crippen molar-refractivity contribution in [2.24, 2.45) is 0 Å². The molecule has 0 fully saturated rings. The van der Waals surface area contributed by atoms with Gasteiger partial charge in [-0.2, -0.15) is 5.26 Å². The number of nitrogens with zero attached hydrogens (tertiary/aromatic N) is 1. The van der Waals surface area contributed by atoms with Crippen LogP contribution in [0.1, 0.15) is 24.1 Å². The van der Waals surface area contributed by atoms with Crippen LogP contribution in [0, 0.1) is 11.3 Å². The van der Waals surface area contributed by atoms with E-state index in [1.54, 1.807) is 26.4 Å². The first-order chi connectivity index (χ1) is 10.2. The van der Waals surface area contributed by atoms with Crippen LogP contribution in [-0.2, 0) is 0 Å². The first-order valence-corrected chi connectivity index (χ1v) is 6.66. The summed E-state index contributed by atoms with van der Waals surface area (Å²) >= 11 is 0. The molecule has 2 aromatic rings. The van der Waals surface area contributed by atoms with Gasteiger partial charge < -0.3 is 14.8 Å². The third kappa shape index (κ3) is 3.46. The number of nitrogens with one attached hydrogen (secondary N) is 1. The smallest absolute Gasteiger partial charge is 0.143 e. The van der Waals surface area contributed by atoms with Crippen molar-refractivity contribution in [3.8, 4) is 17.6 Å². The van der Waals surface area contributed by atoms with Crippen LogP contribution in [0.3, 0.4) is 0 Å². The zero-order valence-electron chi connectivity index (χ0n) is 12.4. The van der Waals surface area contributed by atoms with E-state index >= 15 is 0 Å². The van der Waals surface area contributed by atoms with Gasteiger partial charge in [-0.3, -0.25) is 0 Å². The van der Waals surface area contributed by atoms with Crippen LogP contribution in [-0.4, -0.2) is 14.2 Å². The fourth-order valence-corrected chi connectivity index (χ4v) is 2.09. The molecular formula is C17H18N2O2. The van der Waals surface area contributed by atoms with Gasteiger partial charge in [-0.25, -0.2) is 0 Å². The molecule has 21 heavy (non-hydrogen) atoms. The second kappa shape index (κ2) is 6.67. The summed E-state index contributed by atoms with van der Waals surface area (Å²) in [6.45, 7) is 2.07. The lowest BCUT2D eigenvalue weighted by Crippen LogP contribution is -2.07. The number of rotatable bonds is 5. The Hall–Kier alpha value is -2.67. The lowest BCUT2D eigenvalue weighted by molar-refractivity contribution is 0.414. The molecule has 0 spiro atoms. The average molecular weight is 282 g/mol. The molecule has 0 aliphatic rings. The molecule has 2 rings (SSSR count). The monoisotopic (exact) mass is 282 g/mol. The number of methoxy groups -OCH3 is 2. The van der Waals surface area contributed by atoms with Crippen molar-refractivity contribution in [3.63, 3.8) is 0 Å². The summed E-state index contributed by atoms with van der Waals surface area (Å²) in [7, 11) is 3.25. The van der Waals surface area contributed by atoms with Crippen LogP contribution in [0.15, 0.2) is 42.5 Å². The Labute approximate surface area is 124 Å². The molecule has 0 aromatic heterocycles. The molecule has 0 saturated heterocycles. The van der Waals surface area contributed by atoms with E-state index in [0.717, 1.165) is 17.0 Å². The van der Waals surface area contributed by atoms with Crippen LogP contribution in [0.2, 0.25) is 0 Å². The van der Waals surface area contributed by atoms with Gasteiger partial charge in [0.1, 0.15) is 11.5 Å². The Kier molecular flexibility index (Phi) is 4.68. The van der Waals surface area contributed by atoms with Crippen molar-refractivity contribution >= 4 is 5.69 Å². The largest absolute Gasteiger partial charge is 0.497 e. The maximum absolute atomic E-state index is 8.92. The molecule has 0 aliphatic carbocycles. The van der Waals surface area contributed by atoms with Crippen LogP contribution in [0.25, 0.3) is 0 Å². The minimum atomic E-state index is 0.109. The van der Waals surface area contributed by atoms with Gasteiger partial charge in [0.15, 0.2) is 0 Å². The van der Waals surface area contributed by atoms with Gasteiger partial charge in [0.2, 0.25) is 0 Å². The number of hydrogen-bond donors (Lipinski definition) is 1. The maximum Gasteiger partial charge on any atom is 0.143 e. The molecule has 108 valence electrons. The Morgan fingerprint density at radius 2 is 1.76 bits per heavy atom. The van der Waals surface area contributed by atoms with E-state index in [9.17, 15) is 0 Å². The van der Waals surface area contributed by atoms with Crippen molar-refractivity contribution in [3.05, 3.63) is 53.6 Å². The number of benzene rings is 2. The second-order valence-electron chi connectivity index (χ2n) is 4.67. The van der Waals surface area contributed by atoms with Gasteiger partial charge >= 0.3 is 0 Å². The first-order valence-electron chi connectivity index (χ1n) is 6.66. The summed E-state index contributed by atoms with van der Waals surface area (Å²) in [5.74, 6) is 1.50. The maximum atomic E-state index is 8.92. The Bertz CT molecular complexity index is 645. The van der Waals surface area contributed by atoms with E-state index in [4.69, 9.17) is 14.7 Å². The molecule has 2 aromatic carbocycles. The second-order valence-corrected chi connectivity index (χ2v) is 4.67. The highest BCUT2D eigenvalue weighted by molar-refractivity contribution is 5.60. The summed E-state index contributed by atoms with van der Waals surface area (Å²) in [5.41, 5.74) is 2.58. The van der Waals surface area contributed by atoms with E-state index in [1.807, 2.05) is 30.3 Å². The van der Waals surface area contributed by atoms with Crippen molar-refractivity contribution in [2.45, 2.75) is 13.0 Å². The number of ether oxygens (including phenoxy) is 2. The van der Waals surface area contributed by atoms with Crippen molar-refractivity contribution in [1.29, 1.82) is 5.26 Å². The molecule has 0 aliphatic heterocycles. The molecule has 0 saturated carbocycles. The quantitative estimate of drug-likeness (QED) is 0.907. The van der Waals surface area contributed by atoms with Crippen molar-refractivity contribution in [1.82, 2.24) is 0 Å². The lowest BCUT2D eigenvalue weighted by Gasteiger charge is -2.18. The standard InChI is InChI=1S/C17H18N2O2/c1-12(14-5-7-15(20-2)8-6-14)19-16-9-4-13(11-18)10-17(16)21-3/h4-10,12,19H,1-3H3. The molecule has 4 heteroatoms. The Balaban J connectivity index is 2.18. The zero-order valence-corrected chi connectivity index (χ0v) is 12.4. The summed E-state index contributed by atoms with van der Waals surface area (Å²) in [5, 5.41) is 12.3. The lowest BCUT2D eigenvalue weighted by atomic mass is 10.1. The third-order valence-electron chi connectivity index (χ3n) is 3.32. The third-order valence-corrected chi connectivity index (χ3v) is 3.32. The zero-order chi connectivity index (χ0) is 15.2. The fraction of sp³-hybridized carbons (Fsp3) is 0.235. The van der Waals surface area contributed by atoms with Crippen LogP contribution < -0.4 is 14.8 Å². The summed E-state index contributed by atoms with van der Waals surface area (Å²) in [4.78, 5) is 0. The predicted molar refractivity (Wildman–Crippen MR) is 82.7 cm³/mol. The average Bonchev–Trinajstić information content (AvgIpc) is 2.55. The van der Waals surface area contributed by atoms with Crippen molar-refractivity contribution < 1.29 is 9.47 Å². The van der Waals surface area contributed by atoms with Crippen molar-refractivity contribution in [2.75, 3.05) is 19.5 Å². The van der Waals surface area contributed by atoms with Crippen LogP contribution in [0.5, 0.6) is 11.5 Å². The number of nitriles is 1. The highest BCUT2D eigenvalue weighted by Gasteiger charge is 2.10. The molecule has 0 amide bonds. The molecular weight excluding hydrogens is 264 g/mol. The Morgan fingerprint density at radius 1 is 1.05 bits per heavy atom. The molecule has 1 atom stereocenters. The molecule has 1 N–H and O–H groups in total. The SMILES string of the molecule is COc1ccc(C(C)Nc2ccc(C#N)cc2OC)cc1. The van der Waals surface area contributed by atoms with Crippen LogP contribution in [0.4, 0.5) is 5.69 Å². The Morgan fingerprint density at radius 3 is 2.33 bits per heavy atom. The molecule has 1 unspecified atom stereocenters. The molecule has 0 radical (unpaired) electrons. The fourth-order valence-electron chi connectivity index (χ4n) is 2.09. The van der Waals surface area contributed by atoms with Gasteiger partial charge in [-0.15, -0.1) is 0 Å². The van der Waals surface area contributed by atoms with Gasteiger partial charge in [0.05, 0.1) is 31.5 Å². The molecule has 0 bridgehead atoms. The van der Waals surface area contributed by atoms with Gasteiger partial charge in [-0.1, -0.05) is 12.1 Å². The van der Waals surface area contributed by atoms with E-state index in [1.165, 1.54) is 0 Å². The van der Waals surface area contributed by atoms with Gasteiger partial charge in [0.25, 0.3) is 0 Å². The van der Waals surface area contributed by atoms with E-state index in [-0.39, 0.29) is 6.04 Å². The minimum Gasteiger partial charge on any atom is -0.497 e. The predicted octanol–water partition coefficient (Wildman–Crippen LogP) is 3.75. The highest BCUT2D eigenvalue weighted by atomic mass is 16.5. The first kappa shape index (κ1) is 14.7. The van der Waals surface area contributed by atoms with E-state index in [2.05, 4.69) is 18.3 Å². The van der Waals surface area contributed by atoms with Gasteiger partial charge in [0, 0.05) is 12.1 Å². The molecule has 0 heterocycles. The summed E-state index contributed by atoms with van der Waals surface area (Å²) in [6.07, 6.45) is 0. The summed E-state index contributed by atoms with van der Waals surface area (Å²) in [6, 6.07) is 15.5. The number of anilines is 1. The topological polar surface area (TPSA) is 54.3 Å².